The molecule has 3 rings (SSSR count). The van der Waals surface area contributed by atoms with Crippen LogP contribution in [0.5, 0.6) is 11.6 Å². The summed E-state index contributed by atoms with van der Waals surface area (Å²) in [6.07, 6.45) is 2.92. The maximum Gasteiger partial charge on any atom is 0.314 e. The molecule has 1 unspecified atom stereocenters. The van der Waals surface area contributed by atoms with Gasteiger partial charge in [-0.15, -0.1) is 0 Å². The lowest BCUT2D eigenvalue weighted by molar-refractivity contribution is -0.152. The Morgan fingerprint density at radius 3 is 2.74 bits per heavy atom. The zero-order valence-electron chi connectivity index (χ0n) is 16.2. The van der Waals surface area contributed by atoms with Crippen molar-refractivity contribution >= 4 is 11.7 Å². The normalized spacial score (nSPS) is 15.9. The van der Waals surface area contributed by atoms with Gasteiger partial charge in [0.25, 0.3) is 0 Å². The fourth-order valence-corrected chi connectivity index (χ4v) is 2.84. The van der Waals surface area contributed by atoms with Gasteiger partial charge in [-0.1, -0.05) is 13.0 Å². The molecule has 6 nitrogen and oxygen atoms in total. The molecule has 1 atom stereocenters. The number of hydrogen-bond donors (Lipinski definition) is 1. The summed E-state index contributed by atoms with van der Waals surface area (Å²) in [5.74, 6) is 1.02. The number of carbonyl (C=O) groups excluding carboxylic acids is 1. The molecule has 1 aliphatic heterocycles. The number of ether oxygens (including phenoxy) is 3. The predicted molar refractivity (Wildman–Crippen MR) is 104 cm³/mol. The third-order valence-electron chi connectivity index (χ3n) is 4.64. The lowest BCUT2D eigenvalue weighted by atomic mass is 9.95. The first kappa shape index (κ1) is 19.0. The summed E-state index contributed by atoms with van der Waals surface area (Å²) in [7, 11) is 1.37. The van der Waals surface area contributed by atoms with Crippen molar-refractivity contribution in [3.8, 4) is 22.8 Å². The molecule has 6 heteroatoms. The Kier molecular flexibility index (Phi) is 5.54. The molecule has 0 amide bonds. The third kappa shape index (κ3) is 4.32. The first-order valence-corrected chi connectivity index (χ1v) is 9.15. The van der Waals surface area contributed by atoms with Crippen molar-refractivity contribution in [1.29, 1.82) is 0 Å². The van der Waals surface area contributed by atoms with Crippen LogP contribution in [0.15, 0.2) is 36.5 Å². The lowest BCUT2D eigenvalue weighted by Crippen LogP contribution is -2.32. The van der Waals surface area contributed by atoms with E-state index < -0.39 is 5.41 Å². The molecule has 1 aliphatic rings. The highest BCUT2D eigenvalue weighted by atomic mass is 16.5. The molecule has 1 aromatic heterocycles. The molecule has 0 bridgehead atoms. The molecule has 0 fully saturated rings. The van der Waals surface area contributed by atoms with Crippen molar-refractivity contribution in [2.24, 2.45) is 5.41 Å². The van der Waals surface area contributed by atoms with E-state index in [4.69, 9.17) is 14.2 Å². The monoisotopic (exact) mass is 370 g/mol. The molecule has 1 N–H and O–H groups in total. The number of nitrogens with one attached hydrogen (secondary N) is 1. The van der Waals surface area contributed by atoms with Gasteiger partial charge < -0.3 is 19.5 Å². The van der Waals surface area contributed by atoms with E-state index in [0.29, 0.717) is 5.88 Å². The van der Waals surface area contributed by atoms with E-state index in [-0.39, 0.29) is 18.7 Å². The quantitative estimate of drug-likeness (QED) is 0.778. The van der Waals surface area contributed by atoms with Gasteiger partial charge in [0, 0.05) is 17.8 Å². The fraction of sp³-hybridized carbons (Fsp3) is 0.429. The Morgan fingerprint density at radius 2 is 2.07 bits per heavy atom. The maximum atomic E-state index is 11.7. The van der Waals surface area contributed by atoms with Gasteiger partial charge in [0.05, 0.1) is 24.8 Å². The molecule has 0 saturated carbocycles. The number of esters is 1. The summed E-state index contributed by atoms with van der Waals surface area (Å²) >= 11 is 0. The highest BCUT2D eigenvalue weighted by molar-refractivity contribution is 5.76. The summed E-state index contributed by atoms with van der Waals surface area (Å²) in [5, 5.41) is 3.40. The van der Waals surface area contributed by atoms with E-state index in [1.54, 1.807) is 26.1 Å². The van der Waals surface area contributed by atoms with E-state index in [1.807, 2.05) is 24.3 Å². The van der Waals surface area contributed by atoms with E-state index in [0.717, 1.165) is 35.5 Å². The minimum atomic E-state index is -0.728. The lowest BCUT2D eigenvalue weighted by Gasteiger charge is -2.27. The Hall–Kier alpha value is -2.76. The first-order valence-electron chi connectivity index (χ1n) is 9.15. The molecular formula is C21H26N2O4. The van der Waals surface area contributed by atoms with Crippen LogP contribution < -0.4 is 14.8 Å². The number of rotatable bonds is 6. The second-order valence-electron chi connectivity index (χ2n) is 7.29. The van der Waals surface area contributed by atoms with Crippen molar-refractivity contribution in [2.75, 3.05) is 25.6 Å². The molecule has 144 valence electrons. The van der Waals surface area contributed by atoms with Crippen LogP contribution in [-0.4, -0.2) is 37.3 Å². The highest BCUT2D eigenvalue weighted by Gasteiger charge is 2.30. The number of carbonyl (C=O) groups is 1. The summed E-state index contributed by atoms with van der Waals surface area (Å²) < 4.78 is 16.5. The highest BCUT2D eigenvalue weighted by Crippen LogP contribution is 2.34. The second-order valence-corrected chi connectivity index (χ2v) is 7.29. The first-order chi connectivity index (χ1) is 12.9. The Morgan fingerprint density at radius 1 is 1.30 bits per heavy atom. The Labute approximate surface area is 159 Å². The predicted octanol–water partition coefficient (Wildman–Crippen LogP) is 3.91. The van der Waals surface area contributed by atoms with E-state index >= 15 is 0 Å². The topological polar surface area (TPSA) is 69.7 Å². The molecule has 0 saturated heterocycles. The molecule has 1 aromatic carbocycles. The van der Waals surface area contributed by atoms with Crippen LogP contribution in [0.1, 0.15) is 27.2 Å². The molecule has 0 radical (unpaired) electrons. The van der Waals surface area contributed by atoms with Gasteiger partial charge in [0.15, 0.2) is 0 Å². The van der Waals surface area contributed by atoms with E-state index in [1.165, 1.54) is 7.11 Å². The number of aromatic nitrogens is 1. The van der Waals surface area contributed by atoms with E-state index in [2.05, 4.69) is 17.2 Å². The zero-order valence-corrected chi connectivity index (χ0v) is 16.2. The zero-order chi connectivity index (χ0) is 19.4. The molecule has 0 aliphatic carbocycles. The van der Waals surface area contributed by atoms with Crippen LogP contribution in [0.25, 0.3) is 11.1 Å². The second kappa shape index (κ2) is 7.86. The maximum absolute atomic E-state index is 11.7. The minimum Gasteiger partial charge on any atom is -0.486 e. The fourth-order valence-electron chi connectivity index (χ4n) is 2.84. The van der Waals surface area contributed by atoms with Crippen LogP contribution in [0.2, 0.25) is 0 Å². The van der Waals surface area contributed by atoms with Crippen LogP contribution >= 0.6 is 0 Å². The summed E-state index contributed by atoms with van der Waals surface area (Å²) in [6, 6.07) is 9.85. The SMILES string of the molecule is CCC1CNc2ccc(-c3ccc(OCC(C)(C)C(=O)OC)nc3)cc2O1. The summed E-state index contributed by atoms with van der Waals surface area (Å²) in [4.78, 5) is 16.1. The average Bonchev–Trinajstić information content (AvgIpc) is 2.71. The van der Waals surface area contributed by atoms with Gasteiger partial charge in [0.2, 0.25) is 5.88 Å². The molecule has 27 heavy (non-hydrogen) atoms. The van der Waals surface area contributed by atoms with Crippen molar-refractivity contribution in [3.63, 3.8) is 0 Å². The van der Waals surface area contributed by atoms with Crippen molar-refractivity contribution < 1.29 is 19.0 Å². The van der Waals surface area contributed by atoms with Crippen molar-refractivity contribution in [1.82, 2.24) is 4.98 Å². The number of anilines is 1. The van der Waals surface area contributed by atoms with Crippen molar-refractivity contribution in [3.05, 3.63) is 36.5 Å². The molecular weight excluding hydrogens is 344 g/mol. The number of fused-ring (bicyclic) bond motifs is 1. The van der Waals surface area contributed by atoms with E-state index in [9.17, 15) is 4.79 Å². The van der Waals surface area contributed by atoms with Crippen molar-refractivity contribution in [2.45, 2.75) is 33.3 Å². The summed E-state index contributed by atoms with van der Waals surface area (Å²) in [6.45, 7) is 6.70. The minimum absolute atomic E-state index is 0.194. The third-order valence-corrected chi connectivity index (χ3v) is 4.64. The van der Waals surface area contributed by atoms with Gasteiger partial charge in [-0.2, -0.15) is 0 Å². The standard InChI is InChI=1S/C21H26N2O4/c1-5-16-12-22-17-8-6-14(10-18(17)27-16)15-7-9-19(23-11-15)26-13-21(2,3)20(24)25-4/h6-11,16,22H,5,12-13H2,1-4H3. The smallest absolute Gasteiger partial charge is 0.314 e. The number of methoxy groups -OCH3 is 1. The number of benzene rings is 1. The van der Waals surface area contributed by atoms with Gasteiger partial charge >= 0.3 is 5.97 Å². The van der Waals surface area contributed by atoms with Crippen LogP contribution in [0, 0.1) is 5.41 Å². The van der Waals surface area contributed by atoms with Gasteiger partial charge in [0.1, 0.15) is 18.5 Å². The number of hydrogen-bond acceptors (Lipinski definition) is 6. The Bertz CT molecular complexity index is 802. The molecule has 2 heterocycles. The summed E-state index contributed by atoms with van der Waals surface area (Å²) in [5.41, 5.74) is 2.29. The average molecular weight is 370 g/mol. The van der Waals surface area contributed by atoms with Crippen LogP contribution in [0.3, 0.4) is 0 Å². The number of pyridine rings is 1. The van der Waals surface area contributed by atoms with Gasteiger partial charge in [-0.3, -0.25) is 4.79 Å². The Balaban J connectivity index is 1.70. The number of nitrogens with zero attached hydrogens (tertiary/aromatic N) is 1. The van der Waals surface area contributed by atoms with Gasteiger partial charge in [-0.25, -0.2) is 4.98 Å². The molecule has 0 spiro atoms. The van der Waals surface area contributed by atoms with Crippen LogP contribution in [0.4, 0.5) is 5.69 Å². The van der Waals surface area contributed by atoms with Crippen LogP contribution in [-0.2, 0) is 9.53 Å². The van der Waals surface area contributed by atoms with Gasteiger partial charge in [-0.05, 0) is 44.0 Å². The molecule has 2 aromatic rings. The largest absolute Gasteiger partial charge is 0.486 e.